The van der Waals surface area contributed by atoms with Crippen LogP contribution in [0, 0.1) is 0 Å². The summed E-state index contributed by atoms with van der Waals surface area (Å²) < 4.78 is 5.69. The summed E-state index contributed by atoms with van der Waals surface area (Å²) in [7, 11) is 0. The fourth-order valence-corrected chi connectivity index (χ4v) is 3.81. The summed E-state index contributed by atoms with van der Waals surface area (Å²) in [6, 6.07) is 10.5. The van der Waals surface area contributed by atoms with Crippen molar-refractivity contribution < 1.29 is 24.5 Å². The van der Waals surface area contributed by atoms with E-state index in [2.05, 4.69) is 0 Å². The summed E-state index contributed by atoms with van der Waals surface area (Å²) in [5.74, 6) is -1.25. The molecule has 1 atom stereocenters. The largest absolute Gasteiger partial charge is 0.507 e. The van der Waals surface area contributed by atoms with E-state index in [0.717, 1.165) is 6.42 Å². The minimum absolute atomic E-state index is 0.00967. The van der Waals surface area contributed by atoms with Crippen LogP contribution in [0.3, 0.4) is 0 Å². The van der Waals surface area contributed by atoms with Crippen molar-refractivity contribution in [2.45, 2.75) is 45.8 Å². The van der Waals surface area contributed by atoms with Crippen molar-refractivity contribution >= 4 is 29.1 Å². The van der Waals surface area contributed by atoms with Gasteiger partial charge < -0.3 is 19.8 Å². The predicted octanol–water partition coefficient (Wildman–Crippen LogP) is 5.05. The summed E-state index contributed by atoms with van der Waals surface area (Å²) in [6.07, 6.45) is 1.48. The normalized spacial score (nSPS) is 18.1. The molecule has 2 aromatic rings. The number of carbonyl (C=O) groups excluding carboxylic acids is 2. The number of Topliss-reactive ketones (excluding diaryl/α,β-unsaturated/α-hetero) is 1. The molecule has 0 saturated carbocycles. The zero-order valence-electron chi connectivity index (χ0n) is 17.8. The van der Waals surface area contributed by atoms with Gasteiger partial charge in [-0.05, 0) is 50.1 Å². The summed E-state index contributed by atoms with van der Waals surface area (Å²) >= 11 is 6.10. The number of hydrogen-bond donors (Lipinski definition) is 2. The summed E-state index contributed by atoms with van der Waals surface area (Å²) in [5, 5.41) is 21.0. The zero-order chi connectivity index (χ0) is 22.7. The third-order valence-corrected chi connectivity index (χ3v) is 5.36. The maximum Gasteiger partial charge on any atom is 0.295 e. The van der Waals surface area contributed by atoms with Crippen molar-refractivity contribution in [3.05, 3.63) is 64.2 Å². The molecule has 0 radical (unpaired) electrons. The minimum atomic E-state index is -0.806. The number of amides is 1. The SMILES string of the molecule is CCCCN1C(=O)C(=O)/C(=C(\O)c2cccc(OC(C)C)c2)C1c1ccc(O)c(Cl)c1. The predicted molar refractivity (Wildman–Crippen MR) is 119 cm³/mol. The molecular weight excluding hydrogens is 418 g/mol. The number of ether oxygens (including phenoxy) is 1. The molecule has 1 unspecified atom stereocenters. The van der Waals surface area contributed by atoms with Crippen LogP contribution in [-0.4, -0.2) is 39.5 Å². The van der Waals surface area contributed by atoms with Gasteiger partial charge in [-0.3, -0.25) is 9.59 Å². The molecule has 7 heteroatoms. The van der Waals surface area contributed by atoms with Crippen LogP contribution < -0.4 is 4.74 Å². The maximum absolute atomic E-state index is 13.0. The van der Waals surface area contributed by atoms with Gasteiger partial charge in [0.05, 0.1) is 22.7 Å². The van der Waals surface area contributed by atoms with Gasteiger partial charge in [0.2, 0.25) is 0 Å². The molecule has 0 spiro atoms. The first-order chi connectivity index (χ1) is 14.7. The van der Waals surface area contributed by atoms with Crippen LogP contribution in [0.2, 0.25) is 5.02 Å². The van der Waals surface area contributed by atoms with Gasteiger partial charge >= 0.3 is 0 Å². The highest BCUT2D eigenvalue weighted by molar-refractivity contribution is 6.46. The lowest BCUT2D eigenvalue weighted by molar-refractivity contribution is -0.139. The van der Waals surface area contributed by atoms with Crippen LogP contribution >= 0.6 is 11.6 Å². The number of benzene rings is 2. The molecule has 0 bridgehead atoms. The van der Waals surface area contributed by atoms with Crippen molar-refractivity contribution in [1.82, 2.24) is 4.90 Å². The number of aliphatic hydroxyl groups excluding tert-OH is 1. The molecule has 164 valence electrons. The second kappa shape index (κ2) is 9.43. The summed E-state index contributed by atoms with van der Waals surface area (Å²) in [4.78, 5) is 27.3. The highest BCUT2D eigenvalue weighted by atomic mass is 35.5. The fourth-order valence-electron chi connectivity index (χ4n) is 3.62. The van der Waals surface area contributed by atoms with Crippen LogP contribution in [0.5, 0.6) is 11.5 Å². The number of phenols is 1. The van der Waals surface area contributed by atoms with Crippen molar-refractivity contribution in [1.29, 1.82) is 0 Å². The van der Waals surface area contributed by atoms with Gasteiger partial charge in [0.25, 0.3) is 11.7 Å². The number of aromatic hydroxyl groups is 1. The maximum atomic E-state index is 13.0. The van der Waals surface area contributed by atoms with Crippen molar-refractivity contribution in [3.63, 3.8) is 0 Å². The van der Waals surface area contributed by atoms with Crippen LogP contribution in [0.15, 0.2) is 48.0 Å². The number of halogens is 1. The van der Waals surface area contributed by atoms with Crippen molar-refractivity contribution in [2.24, 2.45) is 0 Å². The Labute approximate surface area is 186 Å². The van der Waals surface area contributed by atoms with Gasteiger partial charge in [0.1, 0.15) is 17.3 Å². The number of carbonyl (C=O) groups is 2. The summed E-state index contributed by atoms with van der Waals surface area (Å²) in [6.45, 7) is 6.13. The Hall–Kier alpha value is -2.99. The standard InChI is InChI=1S/C24H26ClNO5/c1-4-5-11-26-21(15-9-10-19(27)18(25)13-15)20(23(29)24(26)30)22(28)16-7-6-8-17(12-16)31-14(2)3/h6-10,12-14,21,27-28H,4-5,11H2,1-3H3/b22-20-. The molecule has 2 aromatic carbocycles. The number of aliphatic hydroxyl groups is 1. The topological polar surface area (TPSA) is 87.1 Å². The smallest absolute Gasteiger partial charge is 0.295 e. The van der Waals surface area contributed by atoms with E-state index in [1.165, 1.54) is 17.0 Å². The molecule has 1 amide bonds. The average Bonchev–Trinajstić information content (AvgIpc) is 2.98. The Morgan fingerprint density at radius 1 is 1.19 bits per heavy atom. The van der Waals surface area contributed by atoms with Gasteiger partial charge in [-0.2, -0.15) is 0 Å². The Morgan fingerprint density at radius 3 is 2.58 bits per heavy atom. The van der Waals surface area contributed by atoms with Crippen LogP contribution in [0.1, 0.15) is 50.8 Å². The lowest BCUT2D eigenvalue weighted by Gasteiger charge is -2.25. The second-order valence-electron chi connectivity index (χ2n) is 7.75. The minimum Gasteiger partial charge on any atom is -0.507 e. The van der Waals surface area contributed by atoms with Gasteiger partial charge in [-0.15, -0.1) is 0 Å². The molecule has 31 heavy (non-hydrogen) atoms. The lowest BCUT2D eigenvalue weighted by Crippen LogP contribution is -2.30. The summed E-state index contributed by atoms with van der Waals surface area (Å²) in [5.41, 5.74) is 0.903. The number of likely N-dealkylation sites (tertiary alicyclic amines) is 1. The van der Waals surface area contributed by atoms with E-state index in [9.17, 15) is 19.8 Å². The van der Waals surface area contributed by atoms with Crippen LogP contribution in [0.25, 0.3) is 5.76 Å². The molecule has 1 saturated heterocycles. The first kappa shape index (κ1) is 22.7. The van der Waals surface area contributed by atoms with E-state index in [0.29, 0.717) is 29.8 Å². The molecule has 1 fully saturated rings. The third-order valence-electron chi connectivity index (χ3n) is 5.06. The first-order valence-electron chi connectivity index (χ1n) is 10.3. The van der Waals surface area contributed by atoms with E-state index in [1.807, 2.05) is 20.8 Å². The Balaban J connectivity index is 2.15. The van der Waals surface area contributed by atoms with E-state index in [4.69, 9.17) is 16.3 Å². The van der Waals surface area contributed by atoms with Crippen molar-refractivity contribution in [3.8, 4) is 11.5 Å². The molecule has 6 nitrogen and oxygen atoms in total. The van der Waals surface area contributed by atoms with Crippen LogP contribution in [0.4, 0.5) is 0 Å². The van der Waals surface area contributed by atoms with Crippen molar-refractivity contribution in [2.75, 3.05) is 6.54 Å². The molecule has 1 aliphatic rings. The molecule has 1 heterocycles. The fraction of sp³-hybridized carbons (Fsp3) is 0.333. The monoisotopic (exact) mass is 443 g/mol. The van der Waals surface area contributed by atoms with E-state index < -0.39 is 17.7 Å². The average molecular weight is 444 g/mol. The van der Waals surface area contributed by atoms with E-state index >= 15 is 0 Å². The van der Waals surface area contributed by atoms with Gasteiger partial charge in [-0.1, -0.05) is 43.1 Å². The zero-order valence-corrected chi connectivity index (χ0v) is 18.5. The molecule has 0 aromatic heterocycles. The number of hydrogen-bond acceptors (Lipinski definition) is 5. The number of ketones is 1. The van der Waals surface area contributed by atoms with Gasteiger partial charge in [0, 0.05) is 12.1 Å². The van der Waals surface area contributed by atoms with Gasteiger partial charge in [0.15, 0.2) is 0 Å². The number of nitrogens with zero attached hydrogens (tertiary/aromatic N) is 1. The highest BCUT2D eigenvalue weighted by Gasteiger charge is 2.45. The van der Waals surface area contributed by atoms with Gasteiger partial charge in [-0.25, -0.2) is 0 Å². The molecule has 3 rings (SSSR count). The quantitative estimate of drug-likeness (QED) is 0.355. The number of rotatable bonds is 7. The molecule has 0 aliphatic carbocycles. The van der Waals surface area contributed by atoms with E-state index in [1.54, 1.807) is 30.3 Å². The Kier molecular flexibility index (Phi) is 6.91. The molecular formula is C24H26ClNO5. The first-order valence-corrected chi connectivity index (χ1v) is 10.7. The lowest BCUT2D eigenvalue weighted by atomic mass is 9.95. The second-order valence-corrected chi connectivity index (χ2v) is 8.16. The third kappa shape index (κ3) is 4.69. The number of unbranched alkanes of at least 4 members (excludes halogenated alkanes) is 1. The number of phenolic OH excluding ortho intramolecular Hbond substituents is 1. The van der Waals surface area contributed by atoms with E-state index in [-0.39, 0.29) is 28.2 Å². The molecule has 1 aliphatic heterocycles. The molecule has 2 N–H and O–H groups in total. The Bertz CT molecular complexity index is 1030. The highest BCUT2D eigenvalue weighted by Crippen LogP contribution is 2.41. The Morgan fingerprint density at radius 2 is 1.94 bits per heavy atom. The van der Waals surface area contributed by atoms with Crippen LogP contribution in [-0.2, 0) is 9.59 Å².